The molecule has 590 valence electrons. The summed E-state index contributed by atoms with van der Waals surface area (Å²) in [6, 6.07) is -1.01. The summed E-state index contributed by atoms with van der Waals surface area (Å²) >= 11 is 0. The number of carbonyl (C=O) groups excluding carboxylic acids is 1. The topological polar surface area (TPSA) is 307 Å². The molecule has 0 bridgehead atoms. The van der Waals surface area contributed by atoms with Crippen LogP contribution in [0.3, 0.4) is 0 Å². The van der Waals surface area contributed by atoms with Crippen molar-refractivity contribution in [2.75, 3.05) is 26.4 Å². The van der Waals surface area contributed by atoms with Gasteiger partial charge in [-0.25, -0.2) is 0 Å². The SMILES string of the molecule is CC/C=C\C/C=C\C/C=C\C/C=C\C/C=C\C/C=C\C/C=C\C/C=C\CCCCCCCCCCC(=O)NC(COC1OC(CO)C(OC2OC(CO)C(OC3OC(CO)C(O)C(O)C3O)C(O)C2O)C(O)C1O)C(O)/C=C/CC/C=C/CC/C=C/CCCCCCCCCCCCCCCCC. The average Bonchev–Trinajstić information content (AvgIpc) is 0.781. The predicted octanol–water partition coefficient (Wildman–Crippen LogP) is 13.3. The van der Waals surface area contributed by atoms with Gasteiger partial charge in [0.25, 0.3) is 0 Å². The molecule has 0 aromatic carbocycles. The van der Waals surface area contributed by atoms with E-state index in [1.807, 2.05) is 6.08 Å². The van der Waals surface area contributed by atoms with Crippen LogP contribution in [0.25, 0.3) is 0 Å². The molecule has 3 aliphatic heterocycles. The van der Waals surface area contributed by atoms with Crippen molar-refractivity contribution in [3.63, 3.8) is 0 Å². The quantitative estimate of drug-likeness (QED) is 0.0199. The van der Waals surface area contributed by atoms with Crippen molar-refractivity contribution in [1.29, 1.82) is 0 Å². The number of hydrogen-bond acceptors (Lipinski definition) is 18. The molecule has 0 aromatic rings. The monoisotopic (exact) mass is 1450 g/mol. The smallest absolute Gasteiger partial charge is 0.220 e. The van der Waals surface area contributed by atoms with Crippen LogP contribution in [0.5, 0.6) is 0 Å². The lowest BCUT2D eigenvalue weighted by Gasteiger charge is -2.48. The first-order valence-electron chi connectivity index (χ1n) is 39.9. The zero-order chi connectivity index (χ0) is 74.6. The molecule has 3 aliphatic rings. The number of ether oxygens (including phenoxy) is 6. The van der Waals surface area contributed by atoms with Crippen molar-refractivity contribution in [2.45, 2.75) is 362 Å². The maximum absolute atomic E-state index is 13.5. The molecule has 12 N–H and O–H groups in total. The molecule has 3 heterocycles. The molecule has 3 saturated heterocycles. The fraction of sp³-hybridized carbons (Fsp3) is 0.726. The van der Waals surface area contributed by atoms with E-state index < -0.39 is 124 Å². The molecule has 3 rings (SSSR count). The van der Waals surface area contributed by atoms with Gasteiger partial charge < -0.3 is 89.9 Å². The molecular formula is C84H141NO18. The van der Waals surface area contributed by atoms with Crippen LogP contribution in [0.2, 0.25) is 0 Å². The predicted molar refractivity (Wildman–Crippen MR) is 410 cm³/mol. The standard InChI is InChI=1S/C84H141NO18/c1-3-5-7-9-11-13-15-17-19-21-23-25-27-29-30-31-32-33-34-35-36-38-40-42-44-46-48-50-52-54-56-58-60-62-72(90)85-67(68(89)61-59-57-55-53-51-49-47-45-43-41-39-37-28-26-24-22-20-18-16-14-12-10-8-6-4-2)66-98-82-78(96)75(93)80(70(64-87)100-82)103-84-79(97)76(94)81(71(65-88)101-84)102-83-77(95)74(92)73(91)69(63-86)99-83/h5,7,11,13,17,19,23,25,29-30,32-33,35-36,40,42-43,45,51,53,59,61,67-71,73-84,86-89,91-97H,3-4,6,8-10,12,14-16,18,20-22,24,26-28,31,34,37-39,41,44,46-50,52,54-58,60,62-66H2,1-2H3,(H,85,90)/b7-5-,13-11-,19-17-,25-23-,30-29-,33-32-,36-35-,42-40-,45-43+,53-51+,61-59+. The van der Waals surface area contributed by atoms with E-state index in [1.165, 1.54) is 103 Å². The molecule has 3 fully saturated rings. The van der Waals surface area contributed by atoms with Crippen molar-refractivity contribution in [3.8, 4) is 0 Å². The molecule has 1 amide bonds. The largest absolute Gasteiger partial charge is 0.394 e. The molecule has 0 radical (unpaired) electrons. The Morgan fingerprint density at radius 2 is 0.680 bits per heavy atom. The van der Waals surface area contributed by atoms with Gasteiger partial charge in [0.15, 0.2) is 18.9 Å². The van der Waals surface area contributed by atoms with E-state index in [0.29, 0.717) is 12.8 Å². The second-order valence-electron chi connectivity index (χ2n) is 27.8. The number of rotatable bonds is 61. The van der Waals surface area contributed by atoms with Crippen molar-refractivity contribution in [2.24, 2.45) is 0 Å². The molecule has 19 nitrogen and oxygen atoms in total. The first-order valence-corrected chi connectivity index (χ1v) is 39.9. The highest BCUT2D eigenvalue weighted by Gasteiger charge is 2.53. The minimum atomic E-state index is -1.99. The second kappa shape index (κ2) is 62.9. The highest BCUT2D eigenvalue weighted by molar-refractivity contribution is 5.76. The van der Waals surface area contributed by atoms with Crippen LogP contribution in [0.4, 0.5) is 0 Å². The van der Waals surface area contributed by atoms with Crippen molar-refractivity contribution in [1.82, 2.24) is 5.32 Å². The van der Waals surface area contributed by atoms with Crippen LogP contribution >= 0.6 is 0 Å². The van der Waals surface area contributed by atoms with E-state index in [2.05, 4.69) is 141 Å². The van der Waals surface area contributed by atoms with E-state index in [0.717, 1.165) is 122 Å². The van der Waals surface area contributed by atoms with Crippen molar-refractivity contribution >= 4 is 5.91 Å². The summed E-state index contributed by atoms with van der Waals surface area (Å²) in [5, 5.41) is 121. The van der Waals surface area contributed by atoms with Crippen molar-refractivity contribution in [3.05, 3.63) is 134 Å². The van der Waals surface area contributed by atoms with Gasteiger partial charge in [0.1, 0.15) is 73.2 Å². The van der Waals surface area contributed by atoms with Gasteiger partial charge >= 0.3 is 0 Å². The molecule has 0 saturated carbocycles. The summed E-state index contributed by atoms with van der Waals surface area (Å²) in [6.07, 6.45) is 62.8. The number of unbranched alkanes of at least 4 members (excludes halogenated alkanes) is 25. The molecule has 0 spiro atoms. The fourth-order valence-electron chi connectivity index (χ4n) is 12.5. The van der Waals surface area contributed by atoms with Gasteiger partial charge in [-0.1, -0.05) is 276 Å². The number of amides is 1. The Labute approximate surface area is 620 Å². The summed E-state index contributed by atoms with van der Waals surface area (Å²) < 4.78 is 34.4. The van der Waals surface area contributed by atoms with Gasteiger partial charge in [0, 0.05) is 6.42 Å². The number of aliphatic hydroxyl groups excluding tert-OH is 11. The average molecular weight is 1450 g/mol. The van der Waals surface area contributed by atoms with E-state index in [-0.39, 0.29) is 18.9 Å². The van der Waals surface area contributed by atoms with Gasteiger partial charge in [-0.2, -0.15) is 0 Å². The number of aliphatic hydroxyl groups is 11. The molecule has 0 aromatic heterocycles. The summed E-state index contributed by atoms with van der Waals surface area (Å²) in [7, 11) is 0. The van der Waals surface area contributed by atoms with E-state index >= 15 is 0 Å². The summed E-state index contributed by atoms with van der Waals surface area (Å²) in [6.45, 7) is 1.59. The first-order chi connectivity index (χ1) is 50.3. The maximum Gasteiger partial charge on any atom is 0.220 e. The number of carbonyl (C=O) groups is 1. The Kier molecular flexibility index (Phi) is 56.9. The van der Waals surface area contributed by atoms with Crippen LogP contribution < -0.4 is 5.32 Å². The van der Waals surface area contributed by atoms with E-state index in [9.17, 15) is 61.0 Å². The molecular weight excluding hydrogens is 1310 g/mol. The number of hydrogen-bond donors (Lipinski definition) is 12. The van der Waals surface area contributed by atoms with Crippen LogP contribution in [0.1, 0.15) is 258 Å². The van der Waals surface area contributed by atoms with E-state index in [1.54, 1.807) is 6.08 Å². The molecule has 103 heavy (non-hydrogen) atoms. The van der Waals surface area contributed by atoms with E-state index in [4.69, 9.17) is 28.4 Å². The van der Waals surface area contributed by atoms with Crippen LogP contribution in [-0.4, -0.2) is 193 Å². The van der Waals surface area contributed by atoms with Gasteiger partial charge in [0.2, 0.25) is 5.91 Å². The van der Waals surface area contributed by atoms with Crippen LogP contribution in [0, 0.1) is 0 Å². The highest BCUT2D eigenvalue weighted by Crippen LogP contribution is 2.33. The lowest BCUT2D eigenvalue weighted by Crippen LogP contribution is -2.66. The zero-order valence-corrected chi connectivity index (χ0v) is 63.0. The Morgan fingerprint density at radius 3 is 1.09 bits per heavy atom. The first kappa shape index (κ1) is 93.1. The normalized spacial score (nSPS) is 26.8. The van der Waals surface area contributed by atoms with Gasteiger partial charge in [-0.05, 0) is 109 Å². The maximum atomic E-state index is 13.5. The van der Waals surface area contributed by atoms with Gasteiger partial charge in [-0.3, -0.25) is 4.79 Å². The Morgan fingerprint density at radius 1 is 0.359 bits per heavy atom. The molecule has 19 heteroatoms. The molecule has 17 atom stereocenters. The molecule has 17 unspecified atom stereocenters. The Balaban J connectivity index is 1.41. The fourth-order valence-corrected chi connectivity index (χ4v) is 12.5. The number of allylic oxidation sites excluding steroid dienone is 21. The summed E-state index contributed by atoms with van der Waals surface area (Å²) in [4.78, 5) is 13.5. The summed E-state index contributed by atoms with van der Waals surface area (Å²) in [5.41, 5.74) is 0. The molecule has 0 aliphatic carbocycles. The third-order valence-corrected chi connectivity index (χ3v) is 18.9. The Bertz CT molecular complexity index is 2380. The van der Waals surface area contributed by atoms with Crippen LogP contribution in [0.15, 0.2) is 134 Å². The Hall–Kier alpha value is -4.07. The minimum absolute atomic E-state index is 0.213. The van der Waals surface area contributed by atoms with Crippen LogP contribution in [-0.2, 0) is 33.2 Å². The van der Waals surface area contributed by atoms with Crippen molar-refractivity contribution < 1.29 is 89.4 Å². The lowest BCUT2D eigenvalue weighted by molar-refractivity contribution is -0.379. The second-order valence-corrected chi connectivity index (χ2v) is 27.8. The van der Waals surface area contributed by atoms with Gasteiger partial charge in [-0.15, -0.1) is 0 Å². The third kappa shape index (κ3) is 42.9. The third-order valence-electron chi connectivity index (χ3n) is 18.9. The van der Waals surface area contributed by atoms with Gasteiger partial charge in [0.05, 0.1) is 38.6 Å². The lowest BCUT2D eigenvalue weighted by atomic mass is 9.96. The number of nitrogens with one attached hydrogen (secondary N) is 1. The minimum Gasteiger partial charge on any atom is -0.394 e. The summed E-state index contributed by atoms with van der Waals surface area (Å²) in [5.74, 6) is -0.302. The highest BCUT2D eigenvalue weighted by atomic mass is 16.8. The zero-order valence-electron chi connectivity index (χ0n) is 63.0.